The summed E-state index contributed by atoms with van der Waals surface area (Å²) in [5.41, 5.74) is 2.32. The van der Waals surface area contributed by atoms with Crippen LogP contribution in [0.5, 0.6) is 0 Å². The highest BCUT2D eigenvalue weighted by Crippen LogP contribution is 2.26. The third-order valence-corrected chi connectivity index (χ3v) is 3.87. The Morgan fingerprint density at radius 1 is 1.32 bits per heavy atom. The van der Waals surface area contributed by atoms with Gasteiger partial charge in [-0.3, -0.25) is 4.79 Å². The lowest BCUT2D eigenvalue weighted by atomic mass is 10.1. The highest BCUT2D eigenvalue weighted by Gasteiger charge is 2.11. The number of halogens is 2. The van der Waals surface area contributed by atoms with E-state index in [9.17, 15) is 13.6 Å². The molecule has 118 valence electrons. The molecule has 7 heteroatoms. The van der Waals surface area contributed by atoms with Crippen LogP contribution in [0.4, 0.5) is 14.5 Å². The second-order valence-corrected chi connectivity index (χ2v) is 5.82. The van der Waals surface area contributed by atoms with Gasteiger partial charge in [0.25, 0.3) is 5.76 Å². The molecule has 22 heavy (non-hydrogen) atoms. The van der Waals surface area contributed by atoms with Crippen LogP contribution in [0.3, 0.4) is 0 Å². The third kappa shape index (κ3) is 4.56. The standard InChI is InChI=1S/C15H16F2N2O2S/c1-9-13(10(2)21-19-9)7-8-14(20)18-11-3-5-12(6-4-11)22-15(16)17/h3-6,15H,7-8H2,1-2H3,(H,18,20). The number of nitrogens with zero attached hydrogens (tertiary/aromatic N) is 1. The molecule has 4 nitrogen and oxygen atoms in total. The predicted octanol–water partition coefficient (Wildman–Crippen LogP) is 4.18. The summed E-state index contributed by atoms with van der Waals surface area (Å²) >= 11 is 0.474. The summed E-state index contributed by atoms with van der Waals surface area (Å²) in [5.74, 6) is -1.87. The van der Waals surface area contributed by atoms with Crippen molar-refractivity contribution in [1.82, 2.24) is 5.16 Å². The van der Waals surface area contributed by atoms with Crippen molar-refractivity contribution in [2.24, 2.45) is 0 Å². The van der Waals surface area contributed by atoms with E-state index in [1.807, 2.05) is 13.8 Å². The average Bonchev–Trinajstić information content (AvgIpc) is 2.77. The maximum absolute atomic E-state index is 12.2. The molecule has 1 aromatic carbocycles. The van der Waals surface area contributed by atoms with Gasteiger partial charge >= 0.3 is 0 Å². The van der Waals surface area contributed by atoms with Gasteiger partial charge in [-0.05, 0) is 44.5 Å². The van der Waals surface area contributed by atoms with Crippen molar-refractivity contribution in [3.63, 3.8) is 0 Å². The average molecular weight is 326 g/mol. The molecule has 0 saturated heterocycles. The molecule has 0 fully saturated rings. The Labute approximate surface area is 131 Å². The van der Waals surface area contributed by atoms with Gasteiger partial charge in [0.1, 0.15) is 5.76 Å². The molecule has 1 heterocycles. The number of hydrogen-bond donors (Lipinski definition) is 1. The Morgan fingerprint density at radius 2 is 2.00 bits per heavy atom. The molecule has 2 aromatic rings. The summed E-state index contributed by atoms with van der Waals surface area (Å²) in [7, 11) is 0. The van der Waals surface area contributed by atoms with Crippen molar-refractivity contribution in [3.05, 3.63) is 41.3 Å². The normalized spacial score (nSPS) is 11.0. The van der Waals surface area contributed by atoms with Crippen LogP contribution < -0.4 is 5.32 Å². The molecule has 0 spiro atoms. The molecule has 0 unspecified atom stereocenters. The van der Waals surface area contributed by atoms with E-state index < -0.39 is 5.76 Å². The van der Waals surface area contributed by atoms with E-state index >= 15 is 0 Å². The first kappa shape index (κ1) is 16.5. The number of rotatable bonds is 6. The smallest absolute Gasteiger partial charge is 0.288 e. The summed E-state index contributed by atoms with van der Waals surface area (Å²) in [5, 5.41) is 6.58. The van der Waals surface area contributed by atoms with Crippen molar-refractivity contribution in [3.8, 4) is 0 Å². The van der Waals surface area contributed by atoms with Crippen molar-refractivity contribution >= 4 is 23.4 Å². The SMILES string of the molecule is Cc1noc(C)c1CCC(=O)Nc1ccc(SC(F)F)cc1. The summed E-state index contributed by atoms with van der Waals surface area (Å²) in [6.07, 6.45) is 0.850. The topological polar surface area (TPSA) is 55.1 Å². The molecule has 0 saturated carbocycles. The fourth-order valence-corrected chi connectivity index (χ4v) is 2.54. The molecule has 0 aliphatic carbocycles. The summed E-state index contributed by atoms with van der Waals surface area (Å²) in [6.45, 7) is 3.65. The molecule has 1 aromatic heterocycles. The highest BCUT2D eigenvalue weighted by molar-refractivity contribution is 7.99. The van der Waals surface area contributed by atoms with Gasteiger partial charge in [0.15, 0.2) is 0 Å². The second kappa shape index (κ2) is 7.40. The quantitative estimate of drug-likeness (QED) is 0.809. The zero-order chi connectivity index (χ0) is 16.1. The van der Waals surface area contributed by atoms with Gasteiger partial charge < -0.3 is 9.84 Å². The molecule has 0 aliphatic rings. The van der Waals surface area contributed by atoms with Gasteiger partial charge in [0.05, 0.1) is 5.69 Å². The number of nitrogens with one attached hydrogen (secondary N) is 1. The van der Waals surface area contributed by atoms with E-state index in [0.717, 1.165) is 17.0 Å². The van der Waals surface area contributed by atoms with E-state index in [1.165, 1.54) is 0 Å². The van der Waals surface area contributed by atoms with Crippen LogP contribution in [0.1, 0.15) is 23.4 Å². The Hall–Kier alpha value is -1.89. The number of benzene rings is 1. The Balaban J connectivity index is 1.87. The molecule has 0 radical (unpaired) electrons. The Kier molecular flexibility index (Phi) is 5.54. The number of aromatic nitrogens is 1. The van der Waals surface area contributed by atoms with Crippen LogP contribution in [0.15, 0.2) is 33.7 Å². The molecule has 0 aliphatic heterocycles. The van der Waals surface area contributed by atoms with Gasteiger partial charge in [-0.25, -0.2) is 0 Å². The first-order chi connectivity index (χ1) is 10.5. The fourth-order valence-electron chi connectivity index (χ4n) is 2.04. The lowest BCUT2D eigenvalue weighted by Gasteiger charge is -2.06. The molecule has 0 atom stereocenters. The molecule has 1 N–H and O–H groups in total. The zero-order valence-corrected chi connectivity index (χ0v) is 13.0. The van der Waals surface area contributed by atoms with Crippen LogP contribution >= 0.6 is 11.8 Å². The van der Waals surface area contributed by atoms with E-state index in [1.54, 1.807) is 24.3 Å². The van der Waals surface area contributed by atoms with Crippen molar-refractivity contribution < 1.29 is 18.1 Å². The maximum atomic E-state index is 12.2. The van der Waals surface area contributed by atoms with E-state index in [-0.39, 0.29) is 5.91 Å². The fraction of sp³-hybridized carbons (Fsp3) is 0.333. The van der Waals surface area contributed by atoms with Gasteiger partial charge in [-0.15, -0.1) is 0 Å². The highest BCUT2D eigenvalue weighted by atomic mass is 32.2. The third-order valence-electron chi connectivity index (χ3n) is 3.15. The van der Waals surface area contributed by atoms with E-state index in [0.29, 0.717) is 35.2 Å². The van der Waals surface area contributed by atoms with Crippen molar-refractivity contribution in [2.75, 3.05) is 5.32 Å². The number of thioether (sulfide) groups is 1. The minimum atomic E-state index is -2.45. The lowest BCUT2D eigenvalue weighted by Crippen LogP contribution is -2.12. The lowest BCUT2D eigenvalue weighted by molar-refractivity contribution is -0.116. The van der Waals surface area contributed by atoms with Crippen LogP contribution in [0, 0.1) is 13.8 Å². The van der Waals surface area contributed by atoms with Crippen molar-refractivity contribution in [1.29, 1.82) is 0 Å². The van der Waals surface area contributed by atoms with E-state index in [4.69, 9.17) is 4.52 Å². The molecular weight excluding hydrogens is 310 g/mol. The molecule has 2 rings (SSSR count). The van der Waals surface area contributed by atoms with Crippen LogP contribution in [0.2, 0.25) is 0 Å². The van der Waals surface area contributed by atoms with Crippen LogP contribution in [-0.2, 0) is 11.2 Å². The number of aryl methyl sites for hydroxylation is 2. The number of amides is 1. The minimum absolute atomic E-state index is 0.144. The van der Waals surface area contributed by atoms with Gasteiger partial charge in [0.2, 0.25) is 5.91 Å². The molecule has 0 bridgehead atoms. The molecule has 1 amide bonds. The predicted molar refractivity (Wildman–Crippen MR) is 81.2 cm³/mol. The monoisotopic (exact) mass is 326 g/mol. The number of carbonyl (C=O) groups is 1. The number of anilines is 1. The first-order valence-electron chi connectivity index (χ1n) is 6.72. The number of alkyl halides is 2. The largest absolute Gasteiger partial charge is 0.361 e. The van der Waals surface area contributed by atoms with E-state index in [2.05, 4.69) is 10.5 Å². The summed E-state index contributed by atoms with van der Waals surface area (Å²) in [4.78, 5) is 12.4. The van der Waals surface area contributed by atoms with Crippen LogP contribution in [0.25, 0.3) is 0 Å². The van der Waals surface area contributed by atoms with Gasteiger partial charge in [-0.2, -0.15) is 8.78 Å². The minimum Gasteiger partial charge on any atom is -0.361 e. The van der Waals surface area contributed by atoms with Gasteiger partial charge in [-0.1, -0.05) is 16.9 Å². The zero-order valence-electron chi connectivity index (χ0n) is 12.2. The maximum Gasteiger partial charge on any atom is 0.288 e. The number of hydrogen-bond acceptors (Lipinski definition) is 4. The molecular formula is C15H16F2N2O2S. The second-order valence-electron chi connectivity index (χ2n) is 4.75. The number of carbonyl (C=O) groups excluding carboxylic acids is 1. The first-order valence-corrected chi connectivity index (χ1v) is 7.60. The Bertz CT molecular complexity index is 622. The van der Waals surface area contributed by atoms with Crippen LogP contribution in [-0.4, -0.2) is 16.8 Å². The summed E-state index contributed by atoms with van der Waals surface area (Å²) < 4.78 is 29.5. The Morgan fingerprint density at radius 3 is 2.55 bits per heavy atom. The van der Waals surface area contributed by atoms with Crippen molar-refractivity contribution in [2.45, 2.75) is 37.3 Å². The summed E-state index contributed by atoms with van der Waals surface area (Å²) in [6, 6.07) is 6.33. The van der Waals surface area contributed by atoms with Gasteiger partial charge in [0, 0.05) is 22.6 Å².